The Morgan fingerprint density at radius 2 is 1.88 bits per heavy atom. The first-order chi connectivity index (χ1) is 15.8. The standard InChI is InChI=1S/C24H34N2O6S/c1-26-17-10-6-7-11-19(17)33-14-16(24(26)31)25-23(30)22(32-2)21(29)20(28)18(27)13-12-15-8-4-3-5-9-15/h6-7,10-13,15-16,18,20-22,27-29H,3-5,8-9,14H2,1-2H3,(H,25,30)/b13-12+/t16?,18-,20+,21-,22-/m1/s1. The fourth-order valence-electron chi connectivity index (χ4n) is 4.30. The van der Waals surface area contributed by atoms with E-state index in [2.05, 4.69) is 5.32 Å². The molecule has 33 heavy (non-hydrogen) atoms. The maximum Gasteiger partial charge on any atom is 0.252 e. The van der Waals surface area contributed by atoms with Gasteiger partial charge in [0.2, 0.25) is 5.91 Å². The first kappa shape index (κ1) is 25.7. The van der Waals surface area contributed by atoms with Gasteiger partial charge in [0.25, 0.3) is 5.91 Å². The SMILES string of the molecule is CO[C@@H](C(=O)NC1CSc2ccccc2N(C)C1=O)[C@H](O)[C@@H](O)[C@H](O)/C=C/C1CCCCC1. The molecule has 1 heterocycles. The Morgan fingerprint density at radius 3 is 2.58 bits per heavy atom. The lowest BCUT2D eigenvalue weighted by Crippen LogP contribution is -2.56. The Hall–Kier alpha value is -1.91. The second kappa shape index (κ2) is 12.0. The van der Waals surface area contributed by atoms with E-state index in [1.807, 2.05) is 30.3 Å². The molecule has 1 aliphatic heterocycles. The summed E-state index contributed by atoms with van der Waals surface area (Å²) in [5, 5.41) is 34.0. The molecule has 1 aromatic rings. The van der Waals surface area contributed by atoms with Crippen molar-refractivity contribution in [2.75, 3.05) is 24.8 Å². The summed E-state index contributed by atoms with van der Waals surface area (Å²) in [7, 11) is 2.88. The highest BCUT2D eigenvalue weighted by Gasteiger charge is 2.38. The number of para-hydroxylation sites is 1. The number of benzene rings is 1. The number of hydrogen-bond acceptors (Lipinski definition) is 7. The molecule has 0 radical (unpaired) electrons. The minimum atomic E-state index is -1.68. The Bertz CT molecular complexity index is 844. The molecule has 3 rings (SSSR count). The molecule has 0 bridgehead atoms. The normalized spacial score (nSPS) is 23.5. The molecule has 8 nitrogen and oxygen atoms in total. The van der Waals surface area contributed by atoms with Crippen LogP contribution in [0, 0.1) is 5.92 Å². The first-order valence-corrected chi connectivity index (χ1v) is 12.4. The van der Waals surface area contributed by atoms with Gasteiger partial charge in [-0.3, -0.25) is 9.59 Å². The van der Waals surface area contributed by atoms with Crippen molar-refractivity contribution >= 4 is 29.3 Å². The van der Waals surface area contributed by atoms with Crippen LogP contribution < -0.4 is 10.2 Å². The number of nitrogens with one attached hydrogen (secondary N) is 1. The zero-order valence-corrected chi connectivity index (χ0v) is 19.9. The minimum absolute atomic E-state index is 0.291. The lowest BCUT2D eigenvalue weighted by Gasteiger charge is -2.29. The zero-order chi connectivity index (χ0) is 24.0. The number of hydrogen-bond donors (Lipinski definition) is 4. The second-order valence-corrected chi connectivity index (χ2v) is 9.71. The summed E-state index contributed by atoms with van der Waals surface area (Å²) in [5.41, 5.74) is 0.760. The van der Waals surface area contributed by atoms with E-state index in [4.69, 9.17) is 4.74 Å². The lowest BCUT2D eigenvalue weighted by molar-refractivity contribution is -0.150. The largest absolute Gasteiger partial charge is 0.387 e. The van der Waals surface area contributed by atoms with Crippen LogP contribution in [0.5, 0.6) is 0 Å². The number of amides is 2. The van der Waals surface area contributed by atoms with Crippen molar-refractivity contribution < 1.29 is 29.6 Å². The molecule has 1 unspecified atom stereocenters. The molecular formula is C24H34N2O6S. The van der Waals surface area contributed by atoms with Crippen molar-refractivity contribution in [3.63, 3.8) is 0 Å². The van der Waals surface area contributed by atoms with Gasteiger partial charge in [-0.2, -0.15) is 0 Å². The molecule has 1 saturated carbocycles. The van der Waals surface area contributed by atoms with Crippen molar-refractivity contribution in [1.29, 1.82) is 0 Å². The highest BCUT2D eigenvalue weighted by molar-refractivity contribution is 7.99. The average Bonchev–Trinajstić information content (AvgIpc) is 2.95. The van der Waals surface area contributed by atoms with E-state index in [-0.39, 0.29) is 5.91 Å². The van der Waals surface area contributed by atoms with Crippen LogP contribution in [-0.2, 0) is 14.3 Å². The third-order valence-electron chi connectivity index (χ3n) is 6.33. The van der Waals surface area contributed by atoms with Crippen LogP contribution in [0.3, 0.4) is 0 Å². The molecule has 5 atom stereocenters. The summed E-state index contributed by atoms with van der Waals surface area (Å²) in [6.45, 7) is 0. The van der Waals surface area contributed by atoms with Crippen LogP contribution >= 0.6 is 11.8 Å². The van der Waals surface area contributed by atoms with Crippen LogP contribution in [0.1, 0.15) is 32.1 Å². The number of ether oxygens (including phenoxy) is 1. The van der Waals surface area contributed by atoms with Crippen molar-refractivity contribution in [3.05, 3.63) is 36.4 Å². The van der Waals surface area contributed by atoms with Gasteiger partial charge in [-0.1, -0.05) is 43.5 Å². The maximum absolute atomic E-state index is 12.9. The van der Waals surface area contributed by atoms with E-state index in [1.54, 1.807) is 7.05 Å². The fourth-order valence-corrected chi connectivity index (χ4v) is 5.40. The van der Waals surface area contributed by atoms with Gasteiger partial charge >= 0.3 is 0 Å². The Morgan fingerprint density at radius 1 is 1.18 bits per heavy atom. The van der Waals surface area contributed by atoms with Crippen LogP contribution in [-0.4, -0.2) is 77.5 Å². The molecule has 2 amide bonds. The molecule has 1 aliphatic carbocycles. The average molecular weight is 479 g/mol. The molecule has 182 valence electrons. The molecule has 0 saturated heterocycles. The topological polar surface area (TPSA) is 119 Å². The summed E-state index contributed by atoms with van der Waals surface area (Å²) in [6.07, 6.45) is 2.82. The first-order valence-electron chi connectivity index (χ1n) is 11.4. The highest BCUT2D eigenvalue weighted by Crippen LogP contribution is 2.33. The van der Waals surface area contributed by atoms with Crippen LogP contribution in [0.4, 0.5) is 5.69 Å². The summed E-state index contributed by atoms with van der Waals surface area (Å²) in [6, 6.07) is 6.64. The van der Waals surface area contributed by atoms with Crippen LogP contribution in [0.15, 0.2) is 41.3 Å². The van der Waals surface area contributed by atoms with Gasteiger partial charge in [0.1, 0.15) is 24.4 Å². The molecule has 2 aliphatic rings. The molecule has 4 N–H and O–H groups in total. The number of carbonyl (C=O) groups excluding carboxylic acids is 2. The third-order valence-corrected chi connectivity index (χ3v) is 7.49. The van der Waals surface area contributed by atoms with E-state index in [9.17, 15) is 24.9 Å². The van der Waals surface area contributed by atoms with E-state index in [0.717, 1.165) is 36.3 Å². The van der Waals surface area contributed by atoms with E-state index in [1.165, 1.54) is 36.3 Å². The smallest absolute Gasteiger partial charge is 0.252 e. The minimum Gasteiger partial charge on any atom is -0.387 e. The number of aliphatic hydroxyl groups is 3. The fraction of sp³-hybridized carbons (Fsp3) is 0.583. The number of allylic oxidation sites excluding steroid dienone is 1. The van der Waals surface area contributed by atoms with E-state index in [0.29, 0.717) is 11.7 Å². The van der Waals surface area contributed by atoms with Crippen LogP contribution in [0.25, 0.3) is 0 Å². The maximum atomic E-state index is 12.9. The van der Waals surface area contributed by atoms with Crippen molar-refractivity contribution in [3.8, 4) is 0 Å². The summed E-state index contributed by atoms with van der Waals surface area (Å²) >= 11 is 1.45. The molecule has 1 fully saturated rings. The molecule has 0 spiro atoms. The number of nitrogens with zero attached hydrogens (tertiary/aromatic N) is 1. The van der Waals surface area contributed by atoms with Crippen molar-refractivity contribution in [2.24, 2.45) is 5.92 Å². The predicted octanol–water partition coefficient (Wildman–Crippen LogP) is 1.47. The number of methoxy groups -OCH3 is 1. The molecule has 9 heteroatoms. The number of carbonyl (C=O) groups is 2. The number of fused-ring (bicyclic) bond motifs is 1. The third kappa shape index (κ3) is 6.36. The molecular weight excluding hydrogens is 444 g/mol. The van der Waals surface area contributed by atoms with E-state index < -0.39 is 36.4 Å². The lowest BCUT2D eigenvalue weighted by atomic mass is 9.88. The van der Waals surface area contributed by atoms with Gasteiger partial charge in [-0.25, -0.2) is 0 Å². The summed E-state index contributed by atoms with van der Waals surface area (Å²) < 4.78 is 5.15. The Labute approximate surface area is 199 Å². The van der Waals surface area contributed by atoms with Crippen molar-refractivity contribution in [1.82, 2.24) is 5.32 Å². The number of anilines is 1. The summed E-state index contributed by atoms with van der Waals surface area (Å²) in [4.78, 5) is 28.2. The van der Waals surface area contributed by atoms with Crippen molar-refractivity contribution in [2.45, 2.75) is 67.5 Å². The molecule has 1 aromatic carbocycles. The predicted molar refractivity (Wildman–Crippen MR) is 127 cm³/mol. The van der Waals surface area contributed by atoms with Crippen LogP contribution in [0.2, 0.25) is 0 Å². The quantitative estimate of drug-likeness (QED) is 0.418. The van der Waals surface area contributed by atoms with Gasteiger partial charge in [-0.15, -0.1) is 11.8 Å². The summed E-state index contributed by atoms with van der Waals surface area (Å²) in [5.74, 6) is -0.362. The number of rotatable bonds is 8. The van der Waals surface area contributed by atoms with Gasteiger partial charge in [0.05, 0.1) is 5.69 Å². The number of likely N-dealkylation sites (N-methyl/N-ethyl adjacent to an activating group) is 1. The zero-order valence-electron chi connectivity index (χ0n) is 19.1. The second-order valence-electron chi connectivity index (χ2n) is 8.65. The van der Waals surface area contributed by atoms with Gasteiger partial charge < -0.3 is 30.3 Å². The van der Waals surface area contributed by atoms with Gasteiger partial charge in [-0.05, 0) is 30.9 Å². The van der Waals surface area contributed by atoms with Gasteiger partial charge in [0, 0.05) is 24.8 Å². The monoisotopic (exact) mass is 478 g/mol. The Balaban J connectivity index is 1.61. The molecule has 0 aromatic heterocycles. The Kier molecular flexibility index (Phi) is 9.34. The number of aliphatic hydroxyl groups excluding tert-OH is 3. The van der Waals surface area contributed by atoms with Gasteiger partial charge in [0.15, 0.2) is 6.10 Å². The van der Waals surface area contributed by atoms with E-state index >= 15 is 0 Å². The number of thioether (sulfide) groups is 1. The highest BCUT2D eigenvalue weighted by atomic mass is 32.2.